The number of hydrogen-bond acceptors (Lipinski definition) is 2. The summed E-state index contributed by atoms with van der Waals surface area (Å²) in [5, 5.41) is 11.2. The first-order chi connectivity index (χ1) is 10.1. The average Bonchev–Trinajstić information content (AvgIpc) is 3.06. The lowest BCUT2D eigenvalue weighted by Gasteiger charge is -2.06. The molecule has 0 saturated heterocycles. The van der Waals surface area contributed by atoms with Crippen LogP contribution in [0.25, 0.3) is 0 Å². The number of unbranched alkanes of at least 4 members (excludes halogenated alkanes) is 2. The molecule has 112 valence electrons. The number of hydrogen-bond donors (Lipinski definition) is 0. The van der Waals surface area contributed by atoms with Crippen molar-refractivity contribution in [3.8, 4) is 0 Å². The first-order valence-corrected chi connectivity index (χ1v) is 7.74. The minimum Gasteiger partial charge on any atom is -0.875 e. The Morgan fingerprint density at radius 3 is 2.57 bits per heavy atom. The van der Waals surface area contributed by atoms with Gasteiger partial charge in [0, 0.05) is 5.57 Å². The SMILES string of the molecule is CC(=O)C1=CC(CCCCCC2=CC(=C(C)[O-])C=C2)C=C1. The predicted octanol–water partition coefficient (Wildman–Crippen LogP) is 3.77. The van der Waals surface area contributed by atoms with E-state index in [9.17, 15) is 9.90 Å². The number of carbonyl (C=O) groups is 1. The fourth-order valence-corrected chi connectivity index (χ4v) is 2.74. The van der Waals surface area contributed by atoms with Gasteiger partial charge in [0.25, 0.3) is 0 Å². The molecule has 2 nitrogen and oxygen atoms in total. The predicted molar refractivity (Wildman–Crippen MR) is 84.4 cm³/mol. The standard InChI is InChI=1S/C19H24O2/c1-14(20)18-10-8-16(12-18)6-4-3-5-7-17-9-11-19(13-17)15(2)21/h8-13,16,21H,3-7H2,1-2H3/p-1. The lowest BCUT2D eigenvalue weighted by molar-refractivity contribution is -0.302. The highest BCUT2D eigenvalue weighted by molar-refractivity contribution is 5.96. The summed E-state index contributed by atoms with van der Waals surface area (Å²) < 4.78 is 0. The zero-order valence-corrected chi connectivity index (χ0v) is 12.9. The van der Waals surface area contributed by atoms with Crippen LogP contribution in [-0.2, 0) is 4.79 Å². The molecule has 2 rings (SSSR count). The number of carbonyl (C=O) groups excluding carboxylic acids is 1. The van der Waals surface area contributed by atoms with Gasteiger partial charge in [0.2, 0.25) is 0 Å². The van der Waals surface area contributed by atoms with Crippen LogP contribution in [0.1, 0.15) is 46.0 Å². The molecule has 0 spiro atoms. The Morgan fingerprint density at radius 2 is 1.95 bits per heavy atom. The Balaban J connectivity index is 1.63. The van der Waals surface area contributed by atoms with Gasteiger partial charge in [-0.3, -0.25) is 4.79 Å². The Bertz CT molecular complexity index is 552. The Labute approximate surface area is 127 Å². The minimum atomic E-state index is 0.141. The molecule has 21 heavy (non-hydrogen) atoms. The number of Topliss-reactive ketones (excluding diaryl/α,β-unsaturated/α-hetero) is 1. The van der Waals surface area contributed by atoms with Crippen LogP contribution in [0.2, 0.25) is 0 Å². The van der Waals surface area contributed by atoms with Crippen molar-refractivity contribution in [1.82, 2.24) is 0 Å². The third-order valence-electron chi connectivity index (χ3n) is 4.05. The molecule has 0 amide bonds. The molecule has 2 aliphatic rings. The Kier molecular flexibility index (Phi) is 5.38. The van der Waals surface area contributed by atoms with Crippen molar-refractivity contribution in [1.29, 1.82) is 0 Å². The highest BCUT2D eigenvalue weighted by Crippen LogP contribution is 2.24. The first-order valence-electron chi connectivity index (χ1n) is 7.74. The van der Waals surface area contributed by atoms with Crippen LogP contribution < -0.4 is 5.11 Å². The normalized spacial score (nSPS) is 22.5. The molecule has 0 radical (unpaired) electrons. The van der Waals surface area contributed by atoms with Gasteiger partial charge in [-0.15, -0.1) is 5.76 Å². The molecule has 1 unspecified atom stereocenters. The van der Waals surface area contributed by atoms with E-state index in [2.05, 4.69) is 18.2 Å². The van der Waals surface area contributed by atoms with Crippen molar-refractivity contribution in [3.05, 3.63) is 58.9 Å². The quantitative estimate of drug-likeness (QED) is 0.527. The van der Waals surface area contributed by atoms with E-state index in [1.54, 1.807) is 13.8 Å². The number of ketones is 1. The highest BCUT2D eigenvalue weighted by atomic mass is 16.3. The Morgan fingerprint density at radius 1 is 1.14 bits per heavy atom. The van der Waals surface area contributed by atoms with Gasteiger partial charge >= 0.3 is 0 Å². The second-order valence-corrected chi connectivity index (χ2v) is 5.86. The second kappa shape index (κ2) is 7.26. The summed E-state index contributed by atoms with van der Waals surface area (Å²) in [7, 11) is 0. The van der Waals surface area contributed by atoms with Gasteiger partial charge in [0.05, 0.1) is 0 Å². The zero-order valence-electron chi connectivity index (χ0n) is 12.9. The molecule has 0 aromatic carbocycles. The van der Waals surface area contributed by atoms with Gasteiger partial charge < -0.3 is 5.11 Å². The van der Waals surface area contributed by atoms with Crippen LogP contribution in [0.5, 0.6) is 0 Å². The summed E-state index contributed by atoms with van der Waals surface area (Å²) in [6.07, 6.45) is 17.8. The first kappa shape index (κ1) is 15.6. The molecule has 0 aliphatic heterocycles. The van der Waals surface area contributed by atoms with Crippen LogP contribution in [0.15, 0.2) is 58.9 Å². The summed E-state index contributed by atoms with van der Waals surface area (Å²) in [4.78, 5) is 11.2. The van der Waals surface area contributed by atoms with E-state index in [4.69, 9.17) is 0 Å². The molecule has 0 aromatic rings. The molecular formula is C19H23O2-. The number of rotatable bonds is 7. The van der Waals surface area contributed by atoms with E-state index in [0.717, 1.165) is 30.4 Å². The van der Waals surface area contributed by atoms with E-state index in [1.807, 2.05) is 18.2 Å². The van der Waals surface area contributed by atoms with Crippen LogP contribution in [0, 0.1) is 5.92 Å². The maximum absolute atomic E-state index is 11.2. The molecule has 0 N–H and O–H groups in total. The second-order valence-electron chi connectivity index (χ2n) is 5.86. The molecule has 0 aromatic heterocycles. The van der Waals surface area contributed by atoms with E-state index < -0.39 is 0 Å². The van der Waals surface area contributed by atoms with Crippen molar-refractivity contribution in [3.63, 3.8) is 0 Å². The van der Waals surface area contributed by atoms with Crippen LogP contribution >= 0.6 is 0 Å². The Hall–Kier alpha value is -1.83. The maximum atomic E-state index is 11.2. The zero-order chi connectivity index (χ0) is 15.2. The van der Waals surface area contributed by atoms with Gasteiger partial charge in [-0.25, -0.2) is 0 Å². The molecule has 0 fully saturated rings. The largest absolute Gasteiger partial charge is 0.875 e. The monoisotopic (exact) mass is 283 g/mol. The average molecular weight is 283 g/mol. The van der Waals surface area contributed by atoms with Crippen molar-refractivity contribution in [2.45, 2.75) is 46.0 Å². The fraction of sp³-hybridized carbons (Fsp3) is 0.421. The number of allylic oxidation sites excluding steroid dienone is 10. The molecule has 2 aliphatic carbocycles. The van der Waals surface area contributed by atoms with Crippen LogP contribution in [0.4, 0.5) is 0 Å². The van der Waals surface area contributed by atoms with E-state index in [0.29, 0.717) is 5.92 Å². The smallest absolute Gasteiger partial charge is 0.159 e. The summed E-state index contributed by atoms with van der Waals surface area (Å²) in [6.45, 7) is 3.23. The molecule has 0 heterocycles. The lowest BCUT2D eigenvalue weighted by atomic mass is 10.0. The maximum Gasteiger partial charge on any atom is 0.159 e. The molecular weight excluding hydrogens is 260 g/mol. The molecule has 0 saturated carbocycles. The summed E-state index contributed by atoms with van der Waals surface area (Å²) >= 11 is 0. The van der Waals surface area contributed by atoms with Crippen LogP contribution in [-0.4, -0.2) is 5.78 Å². The lowest BCUT2D eigenvalue weighted by Crippen LogP contribution is -1.99. The third kappa shape index (κ3) is 4.59. The van der Waals surface area contributed by atoms with Crippen LogP contribution in [0.3, 0.4) is 0 Å². The van der Waals surface area contributed by atoms with Gasteiger partial charge in [0.15, 0.2) is 5.78 Å². The van der Waals surface area contributed by atoms with E-state index >= 15 is 0 Å². The summed E-state index contributed by atoms with van der Waals surface area (Å²) in [5.41, 5.74) is 2.94. The van der Waals surface area contributed by atoms with Crippen molar-refractivity contribution in [2.24, 2.45) is 5.92 Å². The van der Waals surface area contributed by atoms with Gasteiger partial charge in [0.1, 0.15) is 0 Å². The molecule has 1 atom stereocenters. The minimum absolute atomic E-state index is 0.141. The van der Waals surface area contributed by atoms with Gasteiger partial charge in [-0.2, -0.15) is 0 Å². The van der Waals surface area contributed by atoms with Crippen molar-refractivity contribution >= 4 is 5.78 Å². The van der Waals surface area contributed by atoms with Gasteiger partial charge in [-0.05, 0) is 43.3 Å². The summed E-state index contributed by atoms with van der Waals surface area (Å²) in [6, 6.07) is 0. The van der Waals surface area contributed by atoms with E-state index in [-0.39, 0.29) is 11.5 Å². The van der Waals surface area contributed by atoms with E-state index in [1.165, 1.54) is 18.4 Å². The summed E-state index contributed by atoms with van der Waals surface area (Å²) in [5.74, 6) is 0.737. The van der Waals surface area contributed by atoms with Crippen molar-refractivity contribution in [2.75, 3.05) is 0 Å². The topological polar surface area (TPSA) is 40.1 Å². The fourth-order valence-electron chi connectivity index (χ4n) is 2.74. The molecule has 0 bridgehead atoms. The van der Waals surface area contributed by atoms with Gasteiger partial charge in [-0.1, -0.05) is 56.2 Å². The molecule has 2 heteroatoms. The third-order valence-corrected chi connectivity index (χ3v) is 4.05. The highest BCUT2D eigenvalue weighted by Gasteiger charge is 2.11. The van der Waals surface area contributed by atoms with Crippen molar-refractivity contribution < 1.29 is 9.90 Å².